The molecule has 3 aromatic rings. The Morgan fingerprint density at radius 3 is 1.38 bits per heavy atom. The molecule has 0 unspecified atom stereocenters. The molecule has 0 saturated heterocycles. The van der Waals surface area contributed by atoms with Crippen molar-refractivity contribution < 1.29 is 9.53 Å². The first-order valence-corrected chi connectivity index (χ1v) is 10.1. The summed E-state index contributed by atoms with van der Waals surface area (Å²) in [5, 5.41) is 0. The van der Waals surface area contributed by atoms with Crippen molar-refractivity contribution in [2.75, 3.05) is 0 Å². The minimum absolute atomic E-state index is 0.0589. The molecule has 0 aliphatic carbocycles. The van der Waals surface area contributed by atoms with E-state index in [1.807, 2.05) is 48.5 Å². The predicted octanol–water partition coefficient (Wildman–Crippen LogP) is 7.17. The molecule has 0 bridgehead atoms. The van der Waals surface area contributed by atoms with Gasteiger partial charge >= 0.3 is 5.97 Å². The average Bonchev–Trinajstić information content (AvgIpc) is 2.67. The van der Waals surface area contributed by atoms with Crippen LogP contribution in [0, 0.1) is 0 Å². The van der Waals surface area contributed by atoms with Crippen LogP contribution in [0.15, 0.2) is 72.8 Å². The number of esters is 1. The van der Waals surface area contributed by atoms with Crippen molar-refractivity contribution in [1.82, 2.24) is 0 Å². The number of benzene rings is 3. The Kier molecular flexibility index (Phi) is 5.66. The second-order valence-electron chi connectivity index (χ2n) is 9.57. The maximum Gasteiger partial charge on any atom is 0.343 e. The van der Waals surface area contributed by atoms with E-state index in [1.165, 1.54) is 11.1 Å². The first-order chi connectivity index (χ1) is 13.5. The normalized spacial score (nSPS) is 11.9. The molecule has 0 amide bonds. The lowest BCUT2D eigenvalue weighted by atomic mass is 9.86. The van der Waals surface area contributed by atoms with Crippen LogP contribution < -0.4 is 4.74 Å². The van der Waals surface area contributed by atoms with E-state index >= 15 is 0 Å². The zero-order valence-electron chi connectivity index (χ0n) is 18.2. The van der Waals surface area contributed by atoms with Gasteiger partial charge in [0.05, 0.1) is 5.56 Å². The second kappa shape index (κ2) is 7.87. The summed E-state index contributed by atoms with van der Waals surface area (Å²) in [6.07, 6.45) is 0. The number of hydrogen-bond donors (Lipinski definition) is 0. The SMILES string of the molecule is CC(C)(C)c1ccc(C(=O)Oc2ccc(-c3ccc(C(C)(C)C)cc3)cc2)cc1. The molecule has 0 spiro atoms. The number of hydrogen-bond acceptors (Lipinski definition) is 2. The van der Waals surface area contributed by atoms with Gasteiger partial charge in [-0.2, -0.15) is 0 Å². The summed E-state index contributed by atoms with van der Waals surface area (Å²) in [5.41, 5.74) is 5.50. The average molecular weight is 387 g/mol. The van der Waals surface area contributed by atoms with E-state index in [0.29, 0.717) is 11.3 Å². The van der Waals surface area contributed by atoms with Gasteiger partial charge in [-0.05, 0) is 57.3 Å². The van der Waals surface area contributed by atoms with Crippen LogP contribution >= 0.6 is 0 Å². The van der Waals surface area contributed by atoms with Crippen LogP contribution in [0.25, 0.3) is 11.1 Å². The molecule has 2 heteroatoms. The van der Waals surface area contributed by atoms with E-state index in [4.69, 9.17) is 4.74 Å². The number of rotatable bonds is 3. The van der Waals surface area contributed by atoms with E-state index < -0.39 is 0 Å². The maximum absolute atomic E-state index is 12.4. The summed E-state index contributed by atoms with van der Waals surface area (Å²) in [6.45, 7) is 13.1. The first kappa shape index (κ1) is 20.9. The lowest BCUT2D eigenvalue weighted by molar-refractivity contribution is 0.0734. The summed E-state index contributed by atoms with van der Waals surface area (Å²) in [4.78, 5) is 12.4. The molecule has 150 valence electrons. The van der Waals surface area contributed by atoms with Crippen molar-refractivity contribution in [3.63, 3.8) is 0 Å². The third-order valence-corrected chi connectivity index (χ3v) is 5.14. The number of ether oxygens (including phenoxy) is 1. The Morgan fingerprint density at radius 2 is 0.966 bits per heavy atom. The molecule has 0 N–H and O–H groups in total. The minimum atomic E-state index is -0.340. The second-order valence-corrected chi connectivity index (χ2v) is 9.57. The summed E-state index contributed by atoms with van der Waals surface area (Å²) >= 11 is 0. The molecule has 0 atom stereocenters. The molecule has 2 nitrogen and oxygen atoms in total. The lowest BCUT2D eigenvalue weighted by Gasteiger charge is -2.19. The van der Waals surface area contributed by atoms with Crippen molar-refractivity contribution in [3.8, 4) is 16.9 Å². The van der Waals surface area contributed by atoms with Crippen molar-refractivity contribution >= 4 is 5.97 Å². The highest BCUT2D eigenvalue weighted by molar-refractivity contribution is 5.91. The molecule has 3 aromatic carbocycles. The summed E-state index contributed by atoms with van der Waals surface area (Å²) in [7, 11) is 0. The Labute approximate surface area is 174 Å². The highest BCUT2D eigenvalue weighted by Gasteiger charge is 2.15. The quantitative estimate of drug-likeness (QED) is 0.352. The number of carbonyl (C=O) groups excluding carboxylic acids is 1. The smallest absolute Gasteiger partial charge is 0.343 e. The van der Waals surface area contributed by atoms with Gasteiger partial charge in [0.2, 0.25) is 0 Å². The summed E-state index contributed by atoms with van der Waals surface area (Å²) in [5.74, 6) is 0.206. The molecule has 0 heterocycles. The molecule has 0 fully saturated rings. The molecule has 0 aliphatic rings. The van der Waals surface area contributed by atoms with Gasteiger partial charge in [-0.15, -0.1) is 0 Å². The highest BCUT2D eigenvalue weighted by Crippen LogP contribution is 2.28. The Balaban J connectivity index is 1.69. The van der Waals surface area contributed by atoms with Gasteiger partial charge in [0.15, 0.2) is 0 Å². The van der Waals surface area contributed by atoms with Gasteiger partial charge in [-0.25, -0.2) is 4.79 Å². The lowest BCUT2D eigenvalue weighted by Crippen LogP contribution is -2.12. The molecule has 0 saturated carbocycles. The van der Waals surface area contributed by atoms with Crippen LogP contribution in [0.1, 0.15) is 63.0 Å². The van der Waals surface area contributed by atoms with Crippen molar-refractivity contribution in [1.29, 1.82) is 0 Å². The van der Waals surface area contributed by atoms with Gasteiger partial charge in [0, 0.05) is 0 Å². The van der Waals surface area contributed by atoms with E-state index in [1.54, 1.807) is 0 Å². The van der Waals surface area contributed by atoms with Crippen LogP contribution in [-0.2, 0) is 10.8 Å². The Hall–Kier alpha value is -2.87. The van der Waals surface area contributed by atoms with E-state index in [-0.39, 0.29) is 16.8 Å². The molecule has 3 rings (SSSR count). The van der Waals surface area contributed by atoms with Crippen molar-refractivity contribution in [2.45, 2.75) is 52.4 Å². The fourth-order valence-electron chi connectivity index (χ4n) is 3.15. The molecule has 0 aliphatic heterocycles. The van der Waals surface area contributed by atoms with Crippen molar-refractivity contribution in [2.24, 2.45) is 0 Å². The molecule has 0 radical (unpaired) electrons. The molecular formula is C27H30O2. The van der Waals surface area contributed by atoms with Crippen LogP contribution in [0.5, 0.6) is 5.75 Å². The van der Waals surface area contributed by atoms with Crippen LogP contribution in [-0.4, -0.2) is 5.97 Å². The summed E-state index contributed by atoms with van der Waals surface area (Å²) in [6, 6.07) is 23.9. The van der Waals surface area contributed by atoms with Crippen LogP contribution in [0.3, 0.4) is 0 Å². The Bertz CT molecular complexity index is 965. The monoisotopic (exact) mass is 386 g/mol. The van der Waals surface area contributed by atoms with E-state index in [0.717, 1.165) is 11.1 Å². The summed E-state index contributed by atoms with van der Waals surface area (Å²) < 4.78 is 5.54. The molecular weight excluding hydrogens is 356 g/mol. The van der Waals surface area contributed by atoms with Gasteiger partial charge in [-0.3, -0.25) is 0 Å². The van der Waals surface area contributed by atoms with Crippen LogP contribution in [0.4, 0.5) is 0 Å². The minimum Gasteiger partial charge on any atom is -0.423 e. The standard InChI is InChI=1S/C27H30O2/c1-26(2,3)22-13-7-19(8-14-22)20-11-17-24(18-12-20)29-25(28)21-9-15-23(16-10-21)27(4,5)6/h7-18H,1-6H3. The first-order valence-electron chi connectivity index (χ1n) is 10.1. The van der Waals surface area contributed by atoms with Gasteiger partial charge in [-0.1, -0.05) is 90.1 Å². The zero-order chi connectivity index (χ0) is 21.2. The van der Waals surface area contributed by atoms with Gasteiger partial charge < -0.3 is 4.74 Å². The highest BCUT2D eigenvalue weighted by atomic mass is 16.5. The zero-order valence-corrected chi connectivity index (χ0v) is 18.2. The Morgan fingerprint density at radius 1 is 0.586 bits per heavy atom. The van der Waals surface area contributed by atoms with E-state index in [9.17, 15) is 4.79 Å². The molecule has 0 aromatic heterocycles. The third-order valence-electron chi connectivity index (χ3n) is 5.14. The van der Waals surface area contributed by atoms with Crippen molar-refractivity contribution in [3.05, 3.63) is 89.5 Å². The number of carbonyl (C=O) groups is 1. The third kappa shape index (κ3) is 5.14. The van der Waals surface area contributed by atoms with Gasteiger partial charge in [0.1, 0.15) is 5.75 Å². The largest absolute Gasteiger partial charge is 0.423 e. The van der Waals surface area contributed by atoms with Gasteiger partial charge in [0.25, 0.3) is 0 Å². The fraction of sp³-hybridized carbons (Fsp3) is 0.296. The van der Waals surface area contributed by atoms with E-state index in [2.05, 4.69) is 65.8 Å². The molecule has 29 heavy (non-hydrogen) atoms. The predicted molar refractivity (Wildman–Crippen MR) is 121 cm³/mol. The topological polar surface area (TPSA) is 26.3 Å². The fourth-order valence-corrected chi connectivity index (χ4v) is 3.15. The maximum atomic E-state index is 12.4. The van der Waals surface area contributed by atoms with Crippen LogP contribution in [0.2, 0.25) is 0 Å².